The fraction of sp³-hybridized carbons (Fsp3) is 0. The van der Waals surface area contributed by atoms with Gasteiger partial charge >= 0.3 is 0 Å². The van der Waals surface area contributed by atoms with E-state index in [4.69, 9.17) is 9.97 Å². The summed E-state index contributed by atoms with van der Waals surface area (Å²) in [4.78, 5) is 10.2. The Labute approximate surface area is 381 Å². The largest absolute Gasteiger partial charge is 0.228 e. The fourth-order valence-electron chi connectivity index (χ4n) is 11.1. The van der Waals surface area contributed by atoms with Crippen LogP contribution in [0, 0.1) is 0 Å². The molecule has 0 N–H and O–H groups in total. The molecule has 0 amide bonds. The van der Waals surface area contributed by atoms with Gasteiger partial charge in [-0.1, -0.05) is 218 Å². The maximum Gasteiger partial charge on any atom is 0.160 e. The number of nitrogens with zero attached hydrogens (tertiary/aromatic N) is 2. The lowest BCUT2D eigenvalue weighted by atomic mass is 9.82. The Morgan fingerprint density at radius 3 is 1.18 bits per heavy atom. The highest BCUT2D eigenvalue weighted by molar-refractivity contribution is 6.39. The highest BCUT2D eigenvalue weighted by Gasteiger charge is 2.22. The molecule has 0 bridgehead atoms. The summed E-state index contributed by atoms with van der Waals surface area (Å²) in [7, 11) is 0. The van der Waals surface area contributed by atoms with E-state index in [1.54, 1.807) is 0 Å². The van der Waals surface area contributed by atoms with Crippen molar-refractivity contribution in [1.82, 2.24) is 9.97 Å². The average molecular weight is 835 g/mol. The molecule has 1 heterocycles. The van der Waals surface area contributed by atoms with E-state index in [1.807, 2.05) is 24.3 Å². The van der Waals surface area contributed by atoms with Gasteiger partial charge < -0.3 is 0 Å². The fourth-order valence-corrected chi connectivity index (χ4v) is 11.1. The molecule has 1 aromatic heterocycles. The molecule has 0 fully saturated rings. The quantitative estimate of drug-likeness (QED) is 0.127. The van der Waals surface area contributed by atoms with Gasteiger partial charge in [0.2, 0.25) is 0 Å². The summed E-state index contributed by atoms with van der Waals surface area (Å²) < 4.78 is 0. The molecule has 0 unspecified atom stereocenters. The Morgan fingerprint density at radius 1 is 0.227 bits per heavy atom. The number of hydrogen-bond acceptors (Lipinski definition) is 2. The number of aromatic nitrogens is 2. The second kappa shape index (κ2) is 14.4. The summed E-state index contributed by atoms with van der Waals surface area (Å²) in [5.74, 6) is 0.713. The maximum atomic E-state index is 5.14. The van der Waals surface area contributed by atoms with E-state index in [2.05, 4.69) is 206 Å². The van der Waals surface area contributed by atoms with Gasteiger partial charge in [0.05, 0.1) is 11.4 Å². The Morgan fingerprint density at radius 2 is 0.621 bits per heavy atom. The van der Waals surface area contributed by atoms with E-state index < -0.39 is 0 Å². The van der Waals surface area contributed by atoms with E-state index in [1.165, 1.54) is 103 Å². The summed E-state index contributed by atoms with van der Waals surface area (Å²) in [6.07, 6.45) is 0. The molecule has 304 valence electrons. The summed E-state index contributed by atoms with van der Waals surface area (Å²) in [6, 6.07) is 84.3. The summed E-state index contributed by atoms with van der Waals surface area (Å²) in [5, 5.41) is 20.4. The molecule has 14 rings (SSSR count). The van der Waals surface area contributed by atoms with E-state index >= 15 is 0 Å². The van der Waals surface area contributed by atoms with Crippen LogP contribution in [0.5, 0.6) is 0 Å². The van der Waals surface area contributed by atoms with Crippen LogP contribution >= 0.6 is 0 Å². The van der Waals surface area contributed by atoms with Crippen LogP contribution < -0.4 is 0 Å². The molecule has 0 aliphatic heterocycles. The third-order valence-corrected chi connectivity index (χ3v) is 14.0. The molecule has 66 heavy (non-hydrogen) atoms. The zero-order chi connectivity index (χ0) is 43.3. The minimum Gasteiger partial charge on any atom is -0.228 e. The van der Waals surface area contributed by atoms with E-state index in [-0.39, 0.29) is 0 Å². The molecule has 0 spiro atoms. The van der Waals surface area contributed by atoms with Crippen LogP contribution in [0.4, 0.5) is 0 Å². The molecule has 14 aromatic rings. The first-order valence-corrected chi connectivity index (χ1v) is 22.7. The van der Waals surface area contributed by atoms with Gasteiger partial charge in [-0.2, -0.15) is 0 Å². The number of rotatable bonds is 5. The maximum absolute atomic E-state index is 5.14. The van der Waals surface area contributed by atoms with Crippen LogP contribution in [0.3, 0.4) is 0 Å². The van der Waals surface area contributed by atoms with Gasteiger partial charge in [-0.05, 0) is 121 Å². The molecule has 0 atom stereocenters. The SMILES string of the molecule is c1ccc(-c2cc(-c3ccc(-c4c5ccccc5c(-c5cc6cccc7c8cccc9ccc%10cccc(c%11cccc5c%11c67)c%10c98)c5ccccc45)cc3)nc(-c3ccccc3)n2)cc1. The third kappa shape index (κ3) is 5.49. The van der Waals surface area contributed by atoms with E-state index in [0.29, 0.717) is 5.82 Å². The lowest BCUT2D eigenvalue weighted by Crippen LogP contribution is -1.96. The molecule has 0 aliphatic rings. The van der Waals surface area contributed by atoms with Crippen LogP contribution in [0.1, 0.15) is 0 Å². The first kappa shape index (κ1) is 36.7. The molecular formula is C64H38N2. The first-order chi connectivity index (χ1) is 32.7. The molecular weight excluding hydrogens is 797 g/mol. The second-order valence-electron chi connectivity index (χ2n) is 17.5. The number of benzene rings is 12. The molecule has 0 radical (unpaired) electrons. The van der Waals surface area contributed by atoms with Crippen LogP contribution in [0.15, 0.2) is 231 Å². The number of hydrogen-bond donors (Lipinski definition) is 0. The van der Waals surface area contributed by atoms with Gasteiger partial charge in [0, 0.05) is 16.7 Å². The van der Waals surface area contributed by atoms with Crippen LogP contribution in [-0.2, 0) is 0 Å². The predicted molar refractivity (Wildman–Crippen MR) is 280 cm³/mol. The zero-order valence-electron chi connectivity index (χ0n) is 35.8. The average Bonchev–Trinajstić information content (AvgIpc) is 3.39. The summed E-state index contributed by atoms with van der Waals surface area (Å²) >= 11 is 0. The highest BCUT2D eigenvalue weighted by Crippen LogP contribution is 2.50. The van der Waals surface area contributed by atoms with Gasteiger partial charge in [-0.15, -0.1) is 0 Å². The molecule has 2 heteroatoms. The van der Waals surface area contributed by atoms with Crippen molar-refractivity contribution in [3.8, 4) is 56.2 Å². The van der Waals surface area contributed by atoms with Crippen molar-refractivity contribution in [2.75, 3.05) is 0 Å². The van der Waals surface area contributed by atoms with Crippen LogP contribution in [0.2, 0.25) is 0 Å². The Bertz CT molecular complexity index is 4130. The number of fused-ring (bicyclic) bond motifs is 4. The van der Waals surface area contributed by atoms with Gasteiger partial charge in [-0.25, -0.2) is 9.97 Å². The third-order valence-electron chi connectivity index (χ3n) is 14.0. The Hall–Kier alpha value is -8.72. The van der Waals surface area contributed by atoms with Gasteiger partial charge in [0.15, 0.2) is 5.82 Å². The van der Waals surface area contributed by atoms with Crippen LogP contribution in [-0.4, -0.2) is 9.97 Å². The zero-order valence-corrected chi connectivity index (χ0v) is 35.8. The van der Waals surface area contributed by atoms with Crippen molar-refractivity contribution >= 4 is 86.2 Å². The van der Waals surface area contributed by atoms with E-state index in [9.17, 15) is 0 Å². The van der Waals surface area contributed by atoms with Crippen molar-refractivity contribution in [3.63, 3.8) is 0 Å². The molecule has 0 aliphatic carbocycles. The van der Waals surface area contributed by atoms with Gasteiger partial charge in [-0.3, -0.25) is 0 Å². The van der Waals surface area contributed by atoms with Gasteiger partial charge in [0.1, 0.15) is 0 Å². The summed E-state index contributed by atoms with van der Waals surface area (Å²) in [5.41, 5.74) is 9.79. The normalized spacial score (nSPS) is 11.9. The van der Waals surface area contributed by atoms with Crippen molar-refractivity contribution in [2.24, 2.45) is 0 Å². The van der Waals surface area contributed by atoms with Crippen molar-refractivity contribution in [3.05, 3.63) is 231 Å². The van der Waals surface area contributed by atoms with E-state index in [0.717, 1.165) is 33.6 Å². The minimum absolute atomic E-state index is 0.713. The van der Waals surface area contributed by atoms with Crippen molar-refractivity contribution in [1.29, 1.82) is 0 Å². The molecule has 0 saturated heterocycles. The standard InChI is InChI=1S/C64H38N2/c1-3-15-39(16-4-1)56-38-57(66-64(65-56)44-17-5-2-6-18-44)40-31-33-43(34-32-40)58-46-22-7-9-24-51(46)62(52-25-10-8-23-47(52)58)55-37-45-21-13-28-49-48-26-11-19-41-35-36-42-20-12-27-50(60(42)59(41)48)53-29-14-30-54(55)63(53)61(45)49/h1-38H. The monoisotopic (exact) mass is 834 g/mol. The topological polar surface area (TPSA) is 25.8 Å². The Balaban J connectivity index is 1.01. The van der Waals surface area contributed by atoms with Gasteiger partial charge in [0.25, 0.3) is 0 Å². The highest BCUT2D eigenvalue weighted by atomic mass is 14.9. The first-order valence-electron chi connectivity index (χ1n) is 22.7. The summed E-state index contributed by atoms with van der Waals surface area (Å²) in [6.45, 7) is 0. The lowest BCUT2D eigenvalue weighted by Gasteiger charge is -2.21. The van der Waals surface area contributed by atoms with Crippen molar-refractivity contribution < 1.29 is 0 Å². The predicted octanol–water partition coefficient (Wildman–Crippen LogP) is 17.5. The lowest BCUT2D eigenvalue weighted by molar-refractivity contribution is 1.18. The minimum atomic E-state index is 0.713. The molecule has 0 saturated carbocycles. The smallest absolute Gasteiger partial charge is 0.160 e. The Kier molecular flexibility index (Phi) is 8.02. The molecule has 2 nitrogen and oxygen atoms in total. The van der Waals surface area contributed by atoms with Crippen LogP contribution in [0.25, 0.3) is 142 Å². The van der Waals surface area contributed by atoms with Crippen molar-refractivity contribution in [2.45, 2.75) is 0 Å². The second-order valence-corrected chi connectivity index (χ2v) is 17.5. The molecule has 13 aromatic carbocycles.